The van der Waals surface area contributed by atoms with Crippen molar-refractivity contribution in [3.8, 4) is 11.6 Å². The molecule has 0 bridgehead atoms. The van der Waals surface area contributed by atoms with Gasteiger partial charge >= 0.3 is 0 Å². The quantitative estimate of drug-likeness (QED) is 0.581. The number of hydrogen-bond donors (Lipinski definition) is 0. The van der Waals surface area contributed by atoms with Gasteiger partial charge in [-0.2, -0.15) is 4.98 Å². The van der Waals surface area contributed by atoms with Crippen molar-refractivity contribution in [3.05, 3.63) is 24.9 Å². The molecule has 0 aliphatic carbocycles. The Labute approximate surface area is 62.1 Å². The molecule has 2 aromatic heterocycles. The van der Waals surface area contributed by atoms with E-state index in [0.29, 0.717) is 11.6 Å². The molecule has 1 radical (unpaired) electrons. The number of aromatic nitrogens is 4. The van der Waals surface area contributed by atoms with Crippen LogP contribution in [0, 0.1) is 6.33 Å². The van der Waals surface area contributed by atoms with E-state index in [0.717, 1.165) is 0 Å². The molecule has 53 valence electrons. The molecule has 0 saturated carbocycles. The van der Waals surface area contributed by atoms with Crippen molar-refractivity contribution in [2.75, 3.05) is 0 Å². The van der Waals surface area contributed by atoms with Crippen LogP contribution >= 0.6 is 0 Å². The van der Waals surface area contributed by atoms with Gasteiger partial charge in [0.1, 0.15) is 5.69 Å². The predicted molar refractivity (Wildman–Crippen MR) is 34.2 cm³/mol. The summed E-state index contributed by atoms with van der Waals surface area (Å²) >= 11 is 0. The van der Waals surface area contributed by atoms with Crippen molar-refractivity contribution in [1.29, 1.82) is 0 Å². The second-order valence-electron chi connectivity index (χ2n) is 1.79. The highest BCUT2D eigenvalue weighted by Gasteiger charge is 2.03. The minimum atomic E-state index is 0.332. The third kappa shape index (κ3) is 1.07. The Morgan fingerprint density at radius 2 is 2.36 bits per heavy atom. The van der Waals surface area contributed by atoms with Gasteiger partial charge in [0.25, 0.3) is 5.89 Å². The lowest BCUT2D eigenvalue weighted by atomic mass is 10.4. The zero-order valence-electron chi connectivity index (χ0n) is 5.43. The molecule has 0 atom stereocenters. The van der Waals surface area contributed by atoms with Gasteiger partial charge in [-0.3, -0.25) is 4.98 Å². The summed E-state index contributed by atoms with van der Waals surface area (Å²) in [5.74, 6) is 0.332. The molecule has 0 fully saturated rings. The minimum Gasteiger partial charge on any atom is -0.332 e. The molecule has 0 aliphatic heterocycles. The summed E-state index contributed by atoms with van der Waals surface area (Å²) in [6, 6.07) is 0. The van der Waals surface area contributed by atoms with Gasteiger partial charge in [-0.25, -0.2) is 4.98 Å². The third-order valence-electron chi connectivity index (χ3n) is 1.11. The van der Waals surface area contributed by atoms with Crippen LogP contribution in [0.4, 0.5) is 0 Å². The lowest BCUT2D eigenvalue weighted by molar-refractivity contribution is 0.427. The molecule has 0 saturated heterocycles. The van der Waals surface area contributed by atoms with Crippen molar-refractivity contribution in [2.45, 2.75) is 0 Å². The minimum absolute atomic E-state index is 0.332. The molecule has 0 N–H and O–H groups in total. The van der Waals surface area contributed by atoms with E-state index in [2.05, 4.69) is 26.4 Å². The molecular formula is C6H3N4O. The van der Waals surface area contributed by atoms with Gasteiger partial charge in [0.2, 0.25) is 6.33 Å². The molecule has 0 amide bonds. The highest BCUT2D eigenvalue weighted by atomic mass is 16.5. The van der Waals surface area contributed by atoms with E-state index in [4.69, 9.17) is 4.52 Å². The SMILES string of the molecule is [c]1noc(-c2cnccn2)n1. The van der Waals surface area contributed by atoms with Crippen LogP contribution in [-0.2, 0) is 0 Å². The standard InChI is InChI=1S/C6H3N4O/c1-2-8-5(3-7-1)6-9-4-10-11-6/h1-3H. The van der Waals surface area contributed by atoms with Crippen LogP contribution in [0.2, 0.25) is 0 Å². The van der Waals surface area contributed by atoms with Gasteiger partial charge in [-0.05, 0) is 0 Å². The smallest absolute Gasteiger partial charge is 0.278 e. The van der Waals surface area contributed by atoms with Crippen molar-refractivity contribution < 1.29 is 4.52 Å². The Balaban J connectivity index is 2.46. The Bertz CT molecular complexity index is 318. The van der Waals surface area contributed by atoms with Crippen LogP contribution in [0.5, 0.6) is 0 Å². The van der Waals surface area contributed by atoms with E-state index in [9.17, 15) is 0 Å². The van der Waals surface area contributed by atoms with Gasteiger partial charge < -0.3 is 4.52 Å². The molecule has 2 rings (SSSR count). The van der Waals surface area contributed by atoms with Crippen LogP contribution < -0.4 is 0 Å². The Morgan fingerprint density at radius 3 is 3.00 bits per heavy atom. The summed E-state index contributed by atoms with van der Waals surface area (Å²) in [5.41, 5.74) is 0.557. The maximum absolute atomic E-state index is 4.70. The van der Waals surface area contributed by atoms with E-state index >= 15 is 0 Å². The summed E-state index contributed by atoms with van der Waals surface area (Å²) in [4.78, 5) is 11.5. The lowest BCUT2D eigenvalue weighted by Crippen LogP contribution is -1.82. The van der Waals surface area contributed by atoms with E-state index in [1.54, 1.807) is 18.6 Å². The molecular weight excluding hydrogens is 144 g/mol. The maximum Gasteiger partial charge on any atom is 0.278 e. The molecule has 2 heterocycles. The summed E-state index contributed by atoms with van der Waals surface area (Å²) < 4.78 is 4.70. The van der Waals surface area contributed by atoms with E-state index in [-0.39, 0.29) is 0 Å². The maximum atomic E-state index is 4.70. The molecule has 5 nitrogen and oxygen atoms in total. The largest absolute Gasteiger partial charge is 0.332 e. The van der Waals surface area contributed by atoms with Crippen LogP contribution in [0.15, 0.2) is 23.1 Å². The summed E-state index contributed by atoms with van der Waals surface area (Å²) in [6.45, 7) is 0. The number of rotatable bonds is 1. The van der Waals surface area contributed by atoms with Crippen molar-refractivity contribution in [1.82, 2.24) is 20.1 Å². The first-order valence-corrected chi connectivity index (χ1v) is 2.93. The second-order valence-corrected chi connectivity index (χ2v) is 1.79. The van der Waals surface area contributed by atoms with E-state index in [1.807, 2.05) is 0 Å². The van der Waals surface area contributed by atoms with Crippen LogP contribution in [0.3, 0.4) is 0 Å². The first kappa shape index (κ1) is 5.96. The Morgan fingerprint density at radius 1 is 1.36 bits per heavy atom. The average Bonchev–Trinajstić information content (AvgIpc) is 2.58. The molecule has 11 heavy (non-hydrogen) atoms. The van der Waals surface area contributed by atoms with Crippen molar-refractivity contribution in [3.63, 3.8) is 0 Å². The molecule has 2 aromatic rings. The average molecular weight is 147 g/mol. The van der Waals surface area contributed by atoms with Crippen LogP contribution in [0.1, 0.15) is 0 Å². The number of nitrogens with zero attached hydrogens (tertiary/aromatic N) is 4. The van der Waals surface area contributed by atoms with Gasteiger partial charge in [-0.15, -0.1) is 0 Å². The number of hydrogen-bond acceptors (Lipinski definition) is 5. The van der Waals surface area contributed by atoms with Gasteiger partial charge in [-0.1, -0.05) is 5.16 Å². The zero-order valence-corrected chi connectivity index (χ0v) is 5.43. The van der Waals surface area contributed by atoms with Crippen LogP contribution in [-0.4, -0.2) is 20.1 Å². The third-order valence-corrected chi connectivity index (χ3v) is 1.11. The highest BCUT2D eigenvalue weighted by molar-refractivity contribution is 5.42. The van der Waals surface area contributed by atoms with Crippen molar-refractivity contribution >= 4 is 0 Å². The zero-order chi connectivity index (χ0) is 7.52. The Hall–Kier alpha value is -1.78. The normalized spacial score (nSPS) is 9.82. The van der Waals surface area contributed by atoms with Crippen molar-refractivity contribution in [2.24, 2.45) is 0 Å². The first-order chi connectivity index (χ1) is 5.47. The second kappa shape index (κ2) is 2.45. The van der Waals surface area contributed by atoms with Gasteiger partial charge in [0, 0.05) is 12.4 Å². The lowest BCUT2D eigenvalue weighted by Gasteiger charge is -1.87. The molecule has 0 aliphatic rings. The Kier molecular flexibility index (Phi) is 1.33. The molecule has 5 heteroatoms. The fourth-order valence-corrected chi connectivity index (χ4v) is 0.663. The van der Waals surface area contributed by atoms with Crippen LogP contribution in [0.25, 0.3) is 11.6 Å². The first-order valence-electron chi connectivity index (χ1n) is 2.93. The predicted octanol–water partition coefficient (Wildman–Crippen LogP) is 0.327. The van der Waals surface area contributed by atoms with E-state index < -0.39 is 0 Å². The summed E-state index contributed by atoms with van der Waals surface area (Å²) in [5, 5.41) is 3.32. The molecule has 0 aromatic carbocycles. The fourth-order valence-electron chi connectivity index (χ4n) is 0.663. The topological polar surface area (TPSA) is 64.7 Å². The van der Waals surface area contributed by atoms with Gasteiger partial charge in [0.05, 0.1) is 6.20 Å². The fraction of sp³-hybridized carbons (Fsp3) is 0. The summed E-state index contributed by atoms with van der Waals surface area (Å²) in [6.07, 6.45) is 6.96. The monoisotopic (exact) mass is 147 g/mol. The molecule has 0 spiro atoms. The summed E-state index contributed by atoms with van der Waals surface area (Å²) in [7, 11) is 0. The molecule has 0 unspecified atom stereocenters. The van der Waals surface area contributed by atoms with Gasteiger partial charge in [0.15, 0.2) is 0 Å². The highest BCUT2D eigenvalue weighted by Crippen LogP contribution is 2.08. The van der Waals surface area contributed by atoms with E-state index in [1.165, 1.54) is 0 Å².